The largest absolute Gasteiger partial charge is 0.451 e. The second-order valence-electron chi connectivity index (χ2n) is 20.0. The first-order chi connectivity index (χ1) is 32.6. The normalized spacial score (nSPS) is 24.9. The maximum absolute atomic E-state index is 14.7. The molecule has 1 fully saturated rings. The van der Waals surface area contributed by atoms with Gasteiger partial charge in [-0.15, -0.1) is 0 Å². The molecule has 0 spiro atoms. The van der Waals surface area contributed by atoms with E-state index in [2.05, 4.69) is 31.9 Å². The molecule has 1 aliphatic rings. The van der Waals surface area contributed by atoms with Gasteiger partial charge < -0.3 is 38.5 Å². The van der Waals surface area contributed by atoms with Gasteiger partial charge in [0.05, 0.1) is 0 Å². The van der Waals surface area contributed by atoms with Crippen molar-refractivity contribution < 1.29 is 57.3 Å². The maximum Gasteiger partial charge on any atom is 0.329 e. The molecule has 8 atom stereocenters. The van der Waals surface area contributed by atoms with Gasteiger partial charge >= 0.3 is 23.9 Å². The monoisotopic (exact) mass is 1100 g/mol. The van der Waals surface area contributed by atoms with Crippen LogP contribution in [-0.4, -0.2) is 144 Å². The molecule has 0 radical (unpaired) electrons. The number of benzene rings is 2. The highest BCUT2D eigenvalue weighted by molar-refractivity contribution is 9.10. The molecule has 0 unspecified atom stereocenters. The molecule has 70 heavy (non-hydrogen) atoms. The van der Waals surface area contributed by atoms with Crippen molar-refractivity contribution in [1.82, 2.24) is 19.6 Å². The van der Waals surface area contributed by atoms with E-state index in [-0.39, 0.29) is 62.2 Å². The molecule has 1 heterocycles. The number of nitrogens with zero attached hydrogens (tertiary/aromatic N) is 4. The number of rotatable bonds is 12. The Bertz CT molecular complexity index is 1970. The number of carbonyl (C=O) groups is 8. The van der Waals surface area contributed by atoms with Crippen molar-refractivity contribution in [2.45, 2.75) is 156 Å². The lowest BCUT2D eigenvalue weighted by atomic mass is 10.00. The van der Waals surface area contributed by atoms with Crippen molar-refractivity contribution in [2.75, 3.05) is 28.2 Å². The van der Waals surface area contributed by atoms with Crippen molar-refractivity contribution in [3.8, 4) is 0 Å². The fraction of sp³-hybridized carbons (Fsp3) is 0.615. The van der Waals surface area contributed by atoms with E-state index < -0.39 is 96.1 Å². The number of cyclic esters (lactones) is 4. The summed E-state index contributed by atoms with van der Waals surface area (Å²) in [4.78, 5) is 120. The molecular formula is C52H74Br2N4O12. The first kappa shape index (κ1) is 59.5. The van der Waals surface area contributed by atoms with E-state index in [9.17, 15) is 38.4 Å². The Labute approximate surface area is 431 Å². The summed E-state index contributed by atoms with van der Waals surface area (Å²) < 4.78 is 25.4. The minimum Gasteiger partial charge on any atom is -0.451 e. The van der Waals surface area contributed by atoms with Crippen LogP contribution in [0.25, 0.3) is 0 Å². The Morgan fingerprint density at radius 1 is 0.400 bits per heavy atom. The van der Waals surface area contributed by atoms with Crippen LogP contribution in [0.5, 0.6) is 0 Å². The van der Waals surface area contributed by atoms with E-state index in [0.29, 0.717) is 11.1 Å². The number of esters is 4. The summed E-state index contributed by atoms with van der Waals surface area (Å²) in [5, 5.41) is 0. The molecule has 0 N–H and O–H groups in total. The van der Waals surface area contributed by atoms with Gasteiger partial charge in [0, 0.05) is 50.0 Å². The lowest BCUT2D eigenvalue weighted by Crippen LogP contribution is -2.55. The number of hydrogen-bond acceptors (Lipinski definition) is 12. The standard InChI is InChI=1S/C52H74Br2N4O12/c1-29(2)23-39-49(63)67-33(9)45(59)55(11)42(26-32(7)8)52(66)70-44(28-36-17-21-38(54)22-18-36)48(62)58(14)40(24-30(3)4)50(64)68-34(10)46(60)56(12)41(25-31(5)6)51(65)69-43(47(61)57(39)13)27-35-15-19-37(53)20-16-35/h15-22,29-34,39-44H,23-28H2,1-14H3/t33-,34-,39+,40+,41+,42+,43-,44-/m1/s1. The topological polar surface area (TPSA) is 186 Å². The number of likely N-dealkylation sites (N-methyl/N-ethyl adjacent to an activating group) is 4. The van der Waals surface area contributed by atoms with E-state index in [0.717, 1.165) is 28.5 Å². The van der Waals surface area contributed by atoms with Gasteiger partial charge in [0.25, 0.3) is 23.6 Å². The van der Waals surface area contributed by atoms with E-state index in [1.807, 2.05) is 55.4 Å². The first-order valence-electron chi connectivity index (χ1n) is 24.0. The molecule has 18 heteroatoms. The Hall–Kier alpha value is -4.84. The zero-order valence-electron chi connectivity index (χ0n) is 43.2. The summed E-state index contributed by atoms with van der Waals surface area (Å²) in [5.41, 5.74) is 1.25. The molecule has 0 saturated carbocycles. The first-order valence-corrected chi connectivity index (χ1v) is 25.6. The lowest BCUT2D eigenvalue weighted by Gasteiger charge is -2.35. The molecule has 16 nitrogen and oxygen atoms in total. The van der Waals surface area contributed by atoms with Crippen LogP contribution in [0.15, 0.2) is 57.5 Å². The molecule has 4 amide bonds. The highest BCUT2D eigenvalue weighted by atomic mass is 79.9. The van der Waals surface area contributed by atoms with Gasteiger partial charge in [-0.3, -0.25) is 19.2 Å². The van der Waals surface area contributed by atoms with Gasteiger partial charge in [0.2, 0.25) is 0 Å². The minimum absolute atomic E-state index is 0.100. The zero-order valence-corrected chi connectivity index (χ0v) is 46.4. The van der Waals surface area contributed by atoms with Crippen LogP contribution in [0.1, 0.15) is 106 Å². The highest BCUT2D eigenvalue weighted by Crippen LogP contribution is 2.25. The molecular weight excluding hydrogens is 1030 g/mol. The third-order valence-electron chi connectivity index (χ3n) is 12.1. The quantitative estimate of drug-likeness (QED) is 0.154. The van der Waals surface area contributed by atoms with Crippen LogP contribution >= 0.6 is 31.9 Å². The van der Waals surface area contributed by atoms with Crippen molar-refractivity contribution in [3.05, 3.63) is 68.6 Å². The van der Waals surface area contributed by atoms with Crippen LogP contribution in [0.4, 0.5) is 0 Å². The SMILES string of the molecule is CC(C)C[C@H]1C(=O)O[C@H](Cc2ccc(Br)cc2)C(=O)N(C)[C@@H](CC(C)C)C(=O)O[C@H](C)C(=O)N(C)[C@@H](CC(C)C)C(=O)O[C@H](Cc2ccc(Br)cc2)C(=O)N(C)[C@@H](CC(C)C)C(=O)O[C@H](C)C(=O)N1C. The summed E-state index contributed by atoms with van der Waals surface area (Å²) in [6.07, 6.45) is -5.71. The van der Waals surface area contributed by atoms with Crippen molar-refractivity contribution >= 4 is 79.4 Å². The third-order valence-corrected chi connectivity index (χ3v) is 13.2. The van der Waals surface area contributed by atoms with Crippen molar-refractivity contribution in [2.24, 2.45) is 23.7 Å². The van der Waals surface area contributed by atoms with Gasteiger partial charge in [-0.25, -0.2) is 19.2 Å². The van der Waals surface area contributed by atoms with Gasteiger partial charge in [-0.05, 0) is 98.6 Å². The number of amides is 4. The Morgan fingerprint density at radius 3 is 0.871 bits per heavy atom. The maximum atomic E-state index is 14.7. The van der Waals surface area contributed by atoms with Crippen LogP contribution in [0.2, 0.25) is 0 Å². The molecule has 1 saturated heterocycles. The van der Waals surface area contributed by atoms with E-state index in [1.54, 1.807) is 48.5 Å². The minimum atomic E-state index is -1.49. The fourth-order valence-electron chi connectivity index (χ4n) is 8.15. The molecule has 1 aliphatic heterocycles. The second-order valence-corrected chi connectivity index (χ2v) is 21.9. The average molecular weight is 1110 g/mol. The Morgan fingerprint density at radius 2 is 0.629 bits per heavy atom. The van der Waals surface area contributed by atoms with Crippen LogP contribution in [-0.2, 0) is 70.1 Å². The summed E-state index contributed by atoms with van der Waals surface area (Å²) >= 11 is 6.85. The zero-order chi connectivity index (χ0) is 52.9. The van der Waals surface area contributed by atoms with E-state index in [1.165, 1.54) is 42.0 Å². The average Bonchev–Trinajstić information content (AvgIpc) is 3.29. The van der Waals surface area contributed by atoms with Crippen LogP contribution < -0.4 is 0 Å². The third kappa shape index (κ3) is 17.2. The smallest absolute Gasteiger partial charge is 0.329 e. The number of hydrogen-bond donors (Lipinski definition) is 0. The van der Waals surface area contributed by atoms with Crippen LogP contribution in [0.3, 0.4) is 0 Å². The predicted molar refractivity (Wildman–Crippen MR) is 271 cm³/mol. The number of halogens is 2. The molecule has 0 bridgehead atoms. The van der Waals surface area contributed by atoms with Crippen molar-refractivity contribution in [3.63, 3.8) is 0 Å². The number of carbonyl (C=O) groups excluding carboxylic acids is 8. The predicted octanol–water partition coefficient (Wildman–Crippen LogP) is 7.19. The molecule has 3 rings (SSSR count). The summed E-state index contributed by atoms with van der Waals surface area (Å²) in [6, 6.07) is 9.05. The summed E-state index contributed by atoms with van der Waals surface area (Å²) in [6.45, 7) is 17.5. The van der Waals surface area contributed by atoms with Crippen LogP contribution in [0, 0.1) is 23.7 Å². The molecule has 388 valence electrons. The van der Waals surface area contributed by atoms with Gasteiger partial charge in [-0.1, -0.05) is 112 Å². The van der Waals surface area contributed by atoms with Gasteiger partial charge in [0.15, 0.2) is 24.4 Å². The van der Waals surface area contributed by atoms with Gasteiger partial charge in [-0.2, -0.15) is 0 Å². The second kappa shape index (κ2) is 27.1. The van der Waals surface area contributed by atoms with E-state index >= 15 is 0 Å². The molecule has 2 aromatic carbocycles. The van der Waals surface area contributed by atoms with Gasteiger partial charge in [0.1, 0.15) is 24.2 Å². The summed E-state index contributed by atoms with van der Waals surface area (Å²) in [5.74, 6) is -7.25. The fourth-order valence-corrected chi connectivity index (χ4v) is 8.68. The lowest BCUT2D eigenvalue weighted by molar-refractivity contribution is -0.176. The van der Waals surface area contributed by atoms with E-state index in [4.69, 9.17) is 18.9 Å². The molecule has 0 aromatic heterocycles. The van der Waals surface area contributed by atoms with Crippen molar-refractivity contribution in [1.29, 1.82) is 0 Å². The molecule has 2 aromatic rings. The summed E-state index contributed by atoms with van der Waals surface area (Å²) in [7, 11) is 5.55. The Balaban J connectivity index is 2.26. The highest BCUT2D eigenvalue weighted by Gasteiger charge is 2.43. The molecule has 0 aliphatic carbocycles. The Kier molecular flexibility index (Phi) is 23.0. The number of ether oxygens (including phenoxy) is 4.